The molecule has 0 atom stereocenters. The first-order valence-corrected chi connectivity index (χ1v) is 9.80. The third-order valence-electron chi connectivity index (χ3n) is 5.02. The molecule has 0 spiro atoms. The molecule has 0 unspecified atom stereocenters. The second-order valence-corrected chi connectivity index (χ2v) is 7.12. The fourth-order valence-electron chi connectivity index (χ4n) is 3.43. The van der Waals surface area contributed by atoms with Gasteiger partial charge in [-0.25, -0.2) is 9.78 Å². The Labute approximate surface area is 182 Å². The van der Waals surface area contributed by atoms with E-state index in [1.165, 1.54) is 30.7 Å². The predicted molar refractivity (Wildman–Crippen MR) is 110 cm³/mol. The standard InChI is InChI=1S/C24H16N2O6/c27-22-19-9-8-16(11-20(19)23(28)26(22)12-18-7-4-10-30-18)24(29)32-14-17-13-31-21(25-17)15-5-2-1-3-6-15/h1-11,13H,12,14H2. The molecule has 2 aromatic heterocycles. The smallest absolute Gasteiger partial charge is 0.338 e. The van der Waals surface area contributed by atoms with Crippen molar-refractivity contribution in [2.24, 2.45) is 0 Å². The molecule has 3 heterocycles. The Morgan fingerprint density at radius 3 is 2.53 bits per heavy atom. The lowest BCUT2D eigenvalue weighted by atomic mass is 10.1. The van der Waals surface area contributed by atoms with Crippen molar-refractivity contribution in [3.63, 3.8) is 0 Å². The molecule has 0 saturated heterocycles. The van der Waals surface area contributed by atoms with E-state index in [1.807, 2.05) is 30.3 Å². The van der Waals surface area contributed by atoms with Gasteiger partial charge in [0.25, 0.3) is 11.8 Å². The molecule has 158 valence electrons. The number of hydrogen-bond acceptors (Lipinski definition) is 7. The molecule has 5 rings (SSSR count). The van der Waals surface area contributed by atoms with Gasteiger partial charge in [-0.2, -0.15) is 0 Å². The number of nitrogens with zero attached hydrogens (tertiary/aromatic N) is 2. The minimum atomic E-state index is -0.637. The number of ether oxygens (including phenoxy) is 1. The van der Waals surface area contributed by atoms with Gasteiger partial charge in [0.2, 0.25) is 5.89 Å². The molecule has 4 aromatic rings. The van der Waals surface area contributed by atoms with Crippen LogP contribution in [0.1, 0.15) is 42.5 Å². The van der Waals surface area contributed by atoms with Crippen LogP contribution in [-0.4, -0.2) is 27.7 Å². The number of carbonyl (C=O) groups excluding carboxylic acids is 3. The number of esters is 1. The summed E-state index contributed by atoms with van der Waals surface area (Å²) in [6.45, 7) is -0.0707. The van der Waals surface area contributed by atoms with Crippen molar-refractivity contribution in [3.8, 4) is 11.5 Å². The highest BCUT2D eigenvalue weighted by atomic mass is 16.5. The summed E-state index contributed by atoms with van der Waals surface area (Å²) >= 11 is 0. The van der Waals surface area contributed by atoms with Crippen LogP contribution in [0.15, 0.2) is 82.0 Å². The Morgan fingerprint density at radius 2 is 1.75 bits per heavy atom. The number of fused-ring (bicyclic) bond motifs is 1. The van der Waals surface area contributed by atoms with E-state index in [1.54, 1.807) is 12.1 Å². The van der Waals surface area contributed by atoms with Crippen LogP contribution in [0.5, 0.6) is 0 Å². The molecular weight excluding hydrogens is 412 g/mol. The number of aromatic nitrogens is 1. The monoisotopic (exact) mass is 428 g/mol. The largest absolute Gasteiger partial charge is 0.467 e. The Bertz CT molecular complexity index is 1310. The zero-order valence-corrected chi connectivity index (χ0v) is 16.7. The summed E-state index contributed by atoms with van der Waals surface area (Å²) in [6, 6.07) is 17.0. The lowest BCUT2D eigenvalue weighted by Gasteiger charge is -2.11. The van der Waals surface area contributed by atoms with Crippen molar-refractivity contribution in [3.05, 3.63) is 101 Å². The minimum absolute atomic E-state index is 0.0229. The molecule has 0 aliphatic carbocycles. The highest BCUT2D eigenvalue weighted by Gasteiger charge is 2.36. The average molecular weight is 428 g/mol. The molecule has 2 amide bonds. The maximum Gasteiger partial charge on any atom is 0.338 e. The van der Waals surface area contributed by atoms with Crippen molar-refractivity contribution in [2.75, 3.05) is 0 Å². The minimum Gasteiger partial charge on any atom is -0.467 e. The molecule has 1 aliphatic heterocycles. The molecule has 0 radical (unpaired) electrons. The van der Waals surface area contributed by atoms with E-state index in [2.05, 4.69) is 4.98 Å². The molecule has 1 aliphatic rings. The van der Waals surface area contributed by atoms with Gasteiger partial charge in [-0.1, -0.05) is 18.2 Å². The fourth-order valence-corrected chi connectivity index (χ4v) is 3.43. The topological polar surface area (TPSA) is 103 Å². The van der Waals surface area contributed by atoms with E-state index >= 15 is 0 Å². The maximum atomic E-state index is 12.7. The van der Waals surface area contributed by atoms with Gasteiger partial charge in [0.1, 0.15) is 24.3 Å². The molecule has 8 heteroatoms. The molecule has 32 heavy (non-hydrogen) atoms. The second kappa shape index (κ2) is 7.99. The van der Waals surface area contributed by atoms with Gasteiger partial charge in [0.15, 0.2) is 0 Å². The molecule has 0 N–H and O–H groups in total. The van der Waals surface area contributed by atoms with Crippen molar-refractivity contribution in [1.29, 1.82) is 0 Å². The summed E-state index contributed by atoms with van der Waals surface area (Å²) < 4.78 is 16.0. The van der Waals surface area contributed by atoms with Crippen LogP contribution in [-0.2, 0) is 17.9 Å². The van der Waals surface area contributed by atoms with Gasteiger partial charge in [-0.05, 0) is 42.5 Å². The van der Waals surface area contributed by atoms with Crippen LogP contribution >= 0.6 is 0 Å². The highest BCUT2D eigenvalue weighted by Crippen LogP contribution is 2.26. The van der Waals surface area contributed by atoms with Crippen LogP contribution in [0.4, 0.5) is 0 Å². The van der Waals surface area contributed by atoms with Crippen molar-refractivity contribution >= 4 is 17.8 Å². The van der Waals surface area contributed by atoms with E-state index in [0.717, 1.165) is 10.5 Å². The van der Waals surface area contributed by atoms with Gasteiger partial charge < -0.3 is 13.6 Å². The third-order valence-corrected chi connectivity index (χ3v) is 5.02. The van der Waals surface area contributed by atoms with E-state index in [0.29, 0.717) is 17.3 Å². The van der Waals surface area contributed by atoms with Gasteiger partial charge >= 0.3 is 5.97 Å². The molecular formula is C24H16N2O6. The number of benzene rings is 2. The molecule has 0 fully saturated rings. The number of oxazole rings is 1. The summed E-state index contributed by atoms with van der Waals surface area (Å²) in [6.07, 6.45) is 2.90. The Morgan fingerprint density at radius 1 is 0.938 bits per heavy atom. The molecule has 2 aromatic carbocycles. The average Bonchev–Trinajstić information content (AvgIpc) is 3.56. The SMILES string of the molecule is O=C(OCc1coc(-c2ccccc2)n1)c1ccc2c(c1)C(=O)N(Cc1ccco1)C2=O. The fraction of sp³-hybridized carbons (Fsp3) is 0.0833. The van der Waals surface area contributed by atoms with Gasteiger partial charge in [-0.3, -0.25) is 14.5 Å². The third kappa shape index (κ3) is 3.58. The van der Waals surface area contributed by atoms with Gasteiger partial charge in [-0.15, -0.1) is 0 Å². The second-order valence-electron chi connectivity index (χ2n) is 7.12. The summed E-state index contributed by atoms with van der Waals surface area (Å²) in [7, 11) is 0. The predicted octanol–water partition coefficient (Wildman–Crippen LogP) is 4.09. The van der Waals surface area contributed by atoms with Crippen LogP contribution in [0.25, 0.3) is 11.5 Å². The molecule has 0 saturated carbocycles. The maximum absolute atomic E-state index is 12.7. The van der Waals surface area contributed by atoms with Crippen LogP contribution in [0.3, 0.4) is 0 Å². The van der Waals surface area contributed by atoms with Crippen LogP contribution < -0.4 is 0 Å². The first kappa shape index (κ1) is 19.5. The summed E-state index contributed by atoms with van der Waals surface area (Å²) in [4.78, 5) is 43.2. The molecule has 8 nitrogen and oxygen atoms in total. The number of carbonyl (C=O) groups is 3. The van der Waals surface area contributed by atoms with E-state index in [4.69, 9.17) is 13.6 Å². The Hall–Kier alpha value is -4.46. The first-order chi connectivity index (χ1) is 15.6. The van der Waals surface area contributed by atoms with E-state index in [-0.39, 0.29) is 29.8 Å². The summed E-state index contributed by atoms with van der Waals surface area (Å²) in [5.74, 6) is -0.643. The van der Waals surface area contributed by atoms with Crippen LogP contribution in [0.2, 0.25) is 0 Å². The van der Waals surface area contributed by atoms with E-state index in [9.17, 15) is 14.4 Å². The van der Waals surface area contributed by atoms with Gasteiger partial charge in [0.05, 0.1) is 29.5 Å². The lowest BCUT2D eigenvalue weighted by Crippen LogP contribution is -2.28. The van der Waals surface area contributed by atoms with Gasteiger partial charge in [0, 0.05) is 5.56 Å². The highest BCUT2D eigenvalue weighted by molar-refractivity contribution is 6.21. The number of rotatable bonds is 6. The first-order valence-electron chi connectivity index (χ1n) is 9.80. The normalized spacial score (nSPS) is 12.8. The van der Waals surface area contributed by atoms with E-state index < -0.39 is 17.8 Å². The molecule has 0 bridgehead atoms. The number of furan rings is 1. The van der Waals surface area contributed by atoms with Crippen LogP contribution in [0, 0.1) is 0 Å². The zero-order chi connectivity index (χ0) is 22.1. The zero-order valence-electron chi connectivity index (χ0n) is 16.7. The Balaban J connectivity index is 1.27. The number of hydrogen-bond donors (Lipinski definition) is 0. The van der Waals surface area contributed by atoms with Crippen molar-refractivity contribution in [2.45, 2.75) is 13.2 Å². The van der Waals surface area contributed by atoms with Crippen molar-refractivity contribution < 1.29 is 28.0 Å². The Kier molecular flexibility index (Phi) is 4.87. The number of imide groups is 1. The lowest BCUT2D eigenvalue weighted by molar-refractivity contribution is 0.0467. The summed E-state index contributed by atoms with van der Waals surface area (Å²) in [5, 5.41) is 0. The van der Waals surface area contributed by atoms with Crippen molar-refractivity contribution in [1.82, 2.24) is 9.88 Å². The summed E-state index contributed by atoms with van der Waals surface area (Å²) in [5.41, 5.74) is 1.82. The quantitative estimate of drug-likeness (QED) is 0.337. The number of amides is 2.